The van der Waals surface area contributed by atoms with Gasteiger partial charge >= 0.3 is 0 Å². The maximum absolute atomic E-state index is 12.1. The van der Waals surface area contributed by atoms with Crippen molar-refractivity contribution in [3.63, 3.8) is 0 Å². The van der Waals surface area contributed by atoms with Gasteiger partial charge in [0.05, 0.1) is 11.7 Å². The van der Waals surface area contributed by atoms with Crippen LogP contribution in [0.2, 0.25) is 0 Å². The van der Waals surface area contributed by atoms with E-state index >= 15 is 0 Å². The molecule has 6 nitrogen and oxygen atoms in total. The van der Waals surface area contributed by atoms with Crippen LogP contribution in [0.4, 0.5) is 0 Å². The molecule has 0 radical (unpaired) electrons. The molecule has 0 aromatic carbocycles. The van der Waals surface area contributed by atoms with Gasteiger partial charge in [-0.2, -0.15) is 0 Å². The smallest absolute Gasteiger partial charge is 0.233 e. The Morgan fingerprint density at radius 3 is 3.00 bits per heavy atom. The van der Waals surface area contributed by atoms with Gasteiger partial charge in [0.25, 0.3) is 0 Å². The molecule has 2 rings (SSSR count). The lowest BCUT2D eigenvalue weighted by atomic mass is 9.97. The van der Waals surface area contributed by atoms with Crippen LogP contribution in [0.15, 0.2) is 17.6 Å². The Morgan fingerprint density at radius 2 is 2.37 bits per heavy atom. The summed E-state index contributed by atoms with van der Waals surface area (Å²) in [6.07, 6.45) is 5.17. The van der Waals surface area contributed by atoms with Gasteiger partial charge in [-0.05, 0) is 12.8 Å². The van der Waals surface area contributed by atoms with Crippen molar-refractivity contribution in [1.29, 1.82) is 0 Å². The molecule has 2 N–H and O–H groups in total. The van der Waals surface area contributed by atoms with E-state index in [1.165, 1.54) is 11.8 Å². The van der Waals surface area contributed by atoms with Crippen molar-refractivity contribution < 1.29 is 9.59 Å². The van der Waals surface area contributed by atoms with Crippen LogP contribution >= 0.6 is 11.8 Å². The van der Waals surface area contributed by atoms with Crippen LogP contribution in [0.5, 0.6) is 0 Å². The number of amides is 2. The summed E-state index contributed by atoms with van der Waals surface area (Å²) in [6.45, 7) is 1.17. The highest BCUT2D eigenvalue weighted by Crippen LogP contribution is 2.19. The lowest BCUT2D eigenvalue weighted by Gasteiger charge is -2.31. The lowest BCUT2D eigenvalue weighted by molar-refractivity contribution is -0.132. The highest BCUT2D eigenvalue weighted by molar-refractivity contribution is 7.99. The van der Waals surface area contributed by atoms with Crippen LogP contribution in [0, 0.1) is 5.92 Å². The molecular formula is C12H18N4O2S. The summed E-state index contributed by atoms with van der Waals surface area (Å²) in [4.78, 5) is 29.2. The third-order valence-electron chi connectivity index (χ3n) is 3.28. The summed E-state index contributed by atoms with van der Waals surface area (Å²) in [7, 11) is 1.89. The predicted octanol–water partition coefficient (Wildman–Crippen LogP) is 0.236. The first kappa shape index (κ1) is 13.9. The number of likely N-dealkylation sites (tertiary alicyclic amines) is 1. The fourth-order valence-electron chi connectivity index (χ4n) is 2.14. The van der Waals surface area contributed by atoms with Crippen molar-refractivity contribution in [2.24, 2.45) is 18.7 Å². The number of imidazole rings is 1. The van der Waals surface area contributed by atoms with Gasteiger partial charge in [-0.25, -0.2) is 4.98 Å². The molecule has 0 saturated carbocycles. The molecule has 0 aliphatic carbocycles. The third-order valence-corrected chi connectivity index (χ3v) is 4.32. The van der Waals surface area contributed by atoms with Gasteiger partial charge in [0.1, 0.15) is 0 Å². The van der Waals surface area contributed by atoms with Crippen LogP contribution in [0.3, 0.4) is 0 Å². The van der Waals surface area contributed by atoms with Crippen molar-refractivity contribution in [2.45, 2.75) is 18.0 Å². The molecule has 1 aromatic rings. The van der Waals surface area contributed by atoms with Crippen LogP contribution in [-0.4, -0.2) is 45.1 Å². The van der Waals surface area contributed by atoms with Gasteiger partial charge in [-0.1, -0.05) is 11.8 Å². The van der Waals surface area contributed by atoms with Crippen LogP contribution < -0.4 is 5.73 Å². The van der Waals surface area contributed by atoms with Gasteiger partial charge in [0.15, 0.2) is 5.16 Å². The number of carbonyl (C=O) groups excluding carboxylic acids is 2. The predicted molar refractivity (Wildman–Crippen MR) is 72.4 cm³/mol. The van der Waals surface area contributed by atoms with Crippen molar-refractivity contribution in [1.82, 2.24) is 14.5 Å². The summed E-state index contributed by atoms with van der Waals surface area (Å²) in [6, 6.07) is 0. The minimum absolute atomic E-state index is 0.0407. The van der Waals surface area contributed by atoms with Crippen LogP contribution in [0.25, 0.3) is 0 Å². The number of aromatic nitrogens is 2. The van der Waals surface area contributed by atoms with Crippen molar-refractivity contribution >= 4 is 23.6 Å². The summed E-state index contributed by atoms with van der Waals surface area (Å²) in [5.74, 6) is -0.125. The third kappa shape index (κ3) is 3.50. The zero-order chi connectivity index (χ0) is 13.8. The lowest BCUT2D eigenvalue weighted by Crippen LogP contribution is -2.44. The Labute approximate surface area is 116 Å². The molecule has 1 atom stereocenters. The molecule has 1 aliphatic heterocycles. The molecule has 1 fully saturated rings. The molecule has 19 heavy (non-hydrogen) atoms. The van der Waals surface area contributed by atoms with E-state index in [1.807, 2.05) is 17.8 Å². The summed E-state index contributed by atoms with van der Waals surface area (Å²) in [5, 5.41) is 0.816. The van der Waals surface area contributed by atoms with Crippen LogP contribution in [-0.2, 0) is 16.6 Å². The minimum atomic E-state index is -0.311. The molecule has 0 bridgehead atoms. The molecule has 1 aromatic heterocycles. The molecule has 104 valence electrons. The summed E-state index contributed by atoms with van der Waals surface area (Å²) >= 11 is 1.41. The van der Waals surface area contributed by atoms with Gasteiger partial charge in [0, 0.05) is 32.5 Å². The van der Waals surface area contributed by atoms with Crippen molar-refractivity contribution in [3.05, 3.63) is 12.4 Å². The molecule has 2 amide bonds. The minimum Gasteiger partial charge on any atom is -0.369 e. The quantitative estimate of drug-likeness (QED) is 0.802. The van der Waals surface area contributed by atoms with E-state index in [-0.39, 0.29) is 17.7 Å². The number of hydrogen-bond donors (Lipinski definition) is 1. The second-order valence-electron chi connectivity index (χ2n) is 4.69. The zero-order valence-corrected chi connectivity index (χ0v) is 11.7. The molecule has 1 saturated heterocycles. The first-order chi connectivity index (χ1) is 9.08. The van der Waals surface area contributed by atoms with Gasteiger partial charge < -0.3 is 15.2 Å². The monoisotopic (exact) mass is 282 g/mol. The zero-order valence-electron chi connectivity index (χ0n) is 10.9. The number of aryl methyl sites for hydroxylation is 1. The largest absolute Gasteiger partial charge is 0.369 e. The topological polar surface area (TPSA) is 81.2 Å². The van der Waals surface area contributed by atoms with Crippen molar-refractivity contribution in [2.75, 3.05) is 18.8 Å². The van der Waals surface area contributed by atoms with E-state index in [4.69, 9.17) is 5.73 Å². The molecular weight excluding hydrogens is 264 g/mol. The number of piperidine rings is 1. The fourth-order valence-corrected chi connectivity index (χ4v) is 2.98. The van der Waals surface area contributed by atoms with E-state index in [9.17, 15) is 9.59 Å². The normalized spacial score (nSPS) is 19.4. The molecule has 7 heteroatoms. The number of nitrogens with two attached hydrogens (primary N) is 1. The molecule has 0 spiro atoms. The Morgan fingerprint density at radius 1 is 1.58 bits per heavy atom. The van der Waals surface area contributed by atoms with Gasteiger partial charge in [-0.15, -0.1) is 0 Å². The fraction of sp³-hybridized carbons (Fsp3) is 0.583. The van der Waals surface area contributed by atoms with E-state index in [0.29, 0.717) is 18.8 Å². The maximum Gasteiger partial charge on any atom is 0.233 e. The van der Waals surface area contributed by atoms with Gasteiger partial charge in [-0.3, -0.25) is 9.59 Å². The Bertz CT molecular complexity index is 474. The van der Waals surface area contributed by atoms with Crippen molar-refractivity contribution in [3.8, 4) is 0 Å². The highest BCUT2D eigenvalue weighted by Gasteiger charge is 2.26. The van der Waals surface area contributed by atoms with Gasteiger partial charge in [0.2, 0.25) is 11.8 Å². The standard InChI is InChI=1S/C12H18N4O2S/c1-15-6-4-14-12(15)19-8-10(17)16-5-2-3-9(7-16)11(13)18/h4,6,9H,2-3,5,7-8H2,1H3,(H2,13,18)/t9-/m1/s1. The van der Waals surface area contributed by atoms with Crippen LogP contribution in [0.1, 0.15) is 12.8 Å². The summed E-state index contributed by atoms with van der Waals surface area (Å²) < 4.78 is 1.88. The second-order valence-corrected chi connectivity index (χ2v) is 5.63. The Balaban J connectivity index is 1.86. The maximum atomic E-state index is 12.1. The van der Waals surface area contributed by atoms with E-state index < -0.39 is 0 Å². The van der Waals surface area contributed by atoms with E-state index in [2.05, 4.69) is 4.98 Å². The number of hydrogen-bond acceptors (Lipinski definition) is 4. The second kappa shape index (κ2) is 6.10. The Hall–Kier alpha value is -1.50. The Kier molecular flexibility index (Phi) is 4.47. The number of nitrogens with zero attached hydrogens (tertiary/aromatic N) is 3. The average molecular weight is 282 g/mol. The molecule has 2 heterocycles. The number of primary amides is 1. The first-order valence-electron chi connectivity index (χ1n) is 6.25. The first-order valence-corrected chi connectivity index (χ1v) is 7.23. The molecule has 0 unspecified atom stereocenters. The number of rotatable bonds is 4. The molecule has 1 aliphatic rings. The summed E-state index contributed by atoms with van der Waals surface area (Å²) in [5.41, 5.74) is 5.31. The number of thioether (sulfide) groups is 1. The average Bonchev–Trinajstić information content (AvgIpc) is 2.81. The van der Waals surface area contributed by atoms with E-state index in [1.54, 1.807) is 11.1 Å². The highest BCUT2D eigenvalue weighted by atomic mass is 32.2. The SMILES string of the molecule is Cn1ccnc1SCC(=O)N1CCC[C@@H](C(N)=O)C1. The number of carbonyl (C=O) groups is 2. The van der Waals surface area contributed by atoms with E-state index in [0.717, 1.165) is 18.0 Å².